The van der Waals surface area contributed by atoms with E-state index in [1.165, 1.54) is 45.2 Å². The summed E-state index contributed by atoms with van der Waals surface area (Å²) in [5.74, 6) is 1.93. The summed E-state index contributed by atoms with van der Waals surface area (Å²) in [5.41, 5.74) is 0. The minimum Gasteiger partial charge on any atom is -0.356 e. The molecular weight excluding hydrogens is 363 g/mol. The minimum absolute atomic E-state index is 0. The highest BCUT2D eigenvalue weighted by Crippen LogP contribution is 2.18. The van der Waals surface area contributed by atoms with E-state index >= 15 is 0 Å². The van der Waals surface area contributed by atoms with Gasteiger partial charge >= 0.3 is 0 Å². The third kappa shape index (κ3) is 7.67. The second kappa shape index (κ2) is 11.6. The molecule has 0 atom stereocenters. The number of nitrogens with one attached hydrogen (secondary N) is 1. The molecule has 5 heteroatoms. The van der Waals surface area contributed by atoms with Crippen molar-refractivity contribution in [3.8, 4) is 0 Å². The number of rotatable bonds is 6. The third-order valence-corrected chi connectivity index (χ3v) is 4.09. The minimum atomic E-state index is 0. The van der Waals surface area contributed by atoms with Crippen molar-refractivity contribution in [2.24, 2.45) is 10.9 Å². The van der Waals surface area contributed by atoms with Crippen LogP contribution in [0.15, 0.2) is 4.99 Å². The summed E-state index contributed by atoms with van der Waals surface area (Å²) in [6, 6.07) is 0. The lowest BCUT2D eigenvalue weighted by atomic mass is 9.94. The number of guanidine groups is 1. The molecule has 1 fully saturated rings. The van der Waals surface area contributed by atoms with E-state index in [4.69, 9.17) is 0 Å². The average Bonchev–Trinajstić information content (AvgIpc) is 2.43. The molecule has 0 unspecified atom stereocenters. The Balaban J connectivity index is 0.00000361. The van der Waals surface area contributed by atoms with Gasteiger partial charge in [0.1, 0.15) is 0 Å². The first-order valence-electron chi connectivity index (χ1n) is 7.77. The highest BCUT2D eigenvalue weighted by Gasteiger charge is 2.16. The van der Waals surface area contributed by atoms with Crippen molar-refractivity contribution in [2.45, 2.75) is 39.0 Å². The van der Waals surface area contributed by atoms with Crippen LogP contribution < -0.4 is 5.32 Å². The van der Waals surface area contributed by atoms with Crippen molar-refractivity contribution in [2.75, 3.05) is 47.3 Å². The number of unbranched alkanes of at least 4 members (excludes halogenated alkanes) is 1. The molecule has 1 N–H and O–H groups in total. The van der Waals surface area contributed by atoms with Crippen molar-refractivity contribution in [1.82, 2.24) is 15.1 Å². The Labute approximate surface area is 142 Å². The second-order valence-corrected chi connectivity index (χ2v) is 5.78. The van der Waals surface area contributed by atoms with Crippen molar-refractivity contribution in [1.29, 1.82) is 0 Å². The zero-order valence-electron chi connectivity index (χ0n) is 13.7. The quantitative estimate of drug-likeness (QED) is 0.426. The summed E-state index contributed by atoms with van der Waals surface area (Å²) in [4.78, 5) is 9.03. The molecule has 0 bridgehead atoms. The number of hydrogen-bond donors (Lipinski definition) is 1. The lowest BCUT2D eigenvalue weighted by Gasteiger charge is -2.29. The van der Waals surface area contributed by atoms with Gasteiger partial charge in [-0.3, -0.25) is 4.99 Å². The van der Waals surface area contributed by atoms with Gasteiger partial charge in [0.15, 0.2) is 5.96 Å². The van der Waals surface area contributed by atoms with Crippen LogP contribution in [-0.2, 0) is 0 Å². The number of nitrogens with zero attached hydrogens (tertiary/aromatic N) is 3. The summed E-state index contributed by atoms with van der Waals surface area (Å²) >= 11 is 0. The standard InChI is InChI=1S/C15H32N4.HI/c1-5-6-11-19(4)15(16-2)17-10-7-14-8-12-18(3)13-9-14;/h14H,5-13H2,1-4H3,(H,16,17);1H. The molecule has 4 nitrogen and oxygen atoms in total. The Morgan fingerprint density at radius 3 is 2.55 bits per heavy atom. The predicted octanol–water partition coefficient (Wildman–Crippen LogP) is 2.64. The normalized spacial score (nSPS) is 17.7. The van der Waals surface area contributed by atoms with Crippen LogP contribution in [0.3, 0.4) is 0 Å². The van der Waals surface area contributed by atoms with Gasteiger partial charge in [-0.15, -0.1) is 24.0 Å². The Bertz CT molecular complexity index is 263. The monoisotopic (exact) mass is 396 g/mol. The topological polar surface area (TPSA) is 30.9 Å². The van der Waals surface area contributed by atoms with E-state index in [9.17, 15) is 0 Å². The van der Waals surface area contributed by atoms with Gasteiger partial charge in [-0.2, -0.15) is 0 Å². The molecule has 20 heavy (non-hydrogen) atoms. The first kappa shape index (κ1) is 20.0. The van der Waals surface area contributed by atoms with E-state index in [-0.39, 0.29) is 24.0 Å². The SMILES string of the molecule is CCCCN(C)C(=NC)NCCC1CCN(C)CC1.I. The summed E-state index contributed by atoms with van der Waals surface area (Å²) in [7, 11) is 6.22. The third-order valence-electron chi connectivity index (χ3n) is 4.09. The average molecular weight is 396 g/mol. The van der Waals surface area contributed by atoms with Crippen molar-refractivity contribution < 1.29 is 0 Å². The van der Waals surface area contributed by atoms with E-state index in [0.29, 0.717) is 0 Å². The molecule has 0 aromatic carbocycles. The van der Waals surface area contributed by atoms with Gasteiger partial charge < -0.3 is 15.1 Å². The fraction of sp³-hybridized carbons (Fsp3) is 0.933. The molecular formula is C15H33IN4. The Morgan fingerprint density at radius 1 is 1.35 bits per heavy atom. The molecule has 0 amide bonds. The zero-order chi connectivity index (χ0) is 14.1. The van der Waals surface area contributed by atoms with Gasteiger partial charge in [0, 0.05) is 27.2 Å². The fourth-order valence-corrected chi connectivity index (χ4v) is 2.62. The fourth-order valence-electron chi connectivity index (χ4n) is 2.62. The lowest BCUT2D eigenvalue weighted by Crippen LogP contribution is -2.40. The van der Waals surface area contributed by atoms with Crippen LogP contribution in [0.2, 0.25) is 0 Å². The maximum atomic E-state index is 4.36. The molecule has 0 aliphatic carbocycles. The second-order valence-electron chi connectivity index (χ2n) is 5.78. The van der Waals surface area contributed by atoms with Crippen LogP contribution in [0.5, 0.6) is 0 Å². The van der Waals surface area contributed by atoms with E-state index < -0.39 is 0 Å². The maximum Gasteiger partial charge on any atom is 0.193 e. The van der Waals surface area contributed by atoms with Gasteiger partial charge in [0.2, 0.25) is 0 Å². The van der Waals surface area contributed by atoms with Gasteiger partial charge in [-0.05, 0) is 51.7 Å². The molecule has 1 aliphatic heterocycles. The zero-order valence-corrected chi connectivity index (χ0v) is 16.0. The van der Waals surface area contributed by atoms with E-state index in [1.807, 2.05) is 7.05 Å². The van der Waals surface area contributed by atoms with E-state index in [0.717, 1.165) is 25.0 Å². The Kier molecular flexibility index (Phi) is 11.6. The number of piperidine rings is 1. The van der Waals surface area contributed by atoms with E-state index in [2.05, 4.69) is 41.1 Å². The summed E-state index contributed by atoms with van der Waals surface area (Å²) < 4.78 is 0. The summed E-state index contributed by atoms with van der Waals surface area (Å²) in [6.45, 7) is 6.89. The van der Waals surface area contributed by atoms with E-state index in [1.54, 1.807) is 0 Å². The molecule has 1 saturated heterocycles. The molecule has 0 aromatic heterocycles. The highest BCUT2D eigenvalue weighted by molar-refractivity contribution is 14.0. The molecule has 0 spiro atoms. The first-order chi connectivity index (χ1) is 9.17. The van der Waals surface area contributed by atoms with Gasteiger partial charge in [-0.25, -0.2) is 0 Å². The highest BCUT2D eigenvalue weighted by atomic mass is 127. The van der Waals surface area contributed by atoms with Gasteiger partial charge in [-0.1, -0.05) is 13.3 Å². The molecule has 1 rings (SSSR count). The van der Waals surface area contributed by atoms with Gasteiger partial charge in [0.25, 0.3) is 0 Å². The number of hydrogen-bond acceptors (Lipinski definition) is 2. The van der Waals surface area contributed by atoms with Crippen LogP contribution in [0.25, 0.3) is 0 Å². The molecule has 0 saturated carbocycles. The molecule has 0 radical (unpaired) electrons. The molecule has 120 valence electrons. The van der Waals surface area contributed by atoms with Crippen LogP contribution in [0.1, 0.15) is 39.0 Å². The molecule has 0 aromatic rings. The molecule has 1 aliphatic rings. The van der Waals surface area contributed by atoms with Crippen LogP contribution in [-0.4, -0.2) is 63.1 Å². The predicted molar refractivity (Wildman–Crippen MR) is 99.2 cm³/mol. The van der Waals surface area contributed by atoms with Gasteiger partial charge in [0.05, 0.1) is 0 Å². The Hall–Kier alpha value is -0.0400. The summed E-state index contributed by atoms with van der Waals surface area (Å²) in [6.07, 6.45) is 6.43. The van der Waals surface area contributed by atoms with Crippen molar-refractivity contribution in [3.05, 3.63) is 0 Å². The number of halogens is 1. The first-order valence-corrected chi connectivity index (χ1v) is 7.77. The van der Waals surface area contributed by atoms with Crippen LogP contribution in [0.4, 0.5) is 0 Å². The van der Waals surface area contributed by atoms with Crippen molar-refractivity contribution in [3.63, 3.8) is 0 Å². The van der Waals surface area contributed by atoms with Crippen LogP contribution in [0, 0.1) is 5.92 Å². The summed E-state index contributed by atoms with van der Waals surface area (Å²) in [5, 5.41) is 3.50. The largest absolute Gasteiger partial charge is 0.356 e. The van der Waals surface area contributed by atoms with Crippen LogP contribution >= 0.6 is 24.0 Å². The smallest absolute Gasteiger partial charge is 0.193 e. The molecule has 1 heterocycles. The number of aliphatic imine (C=N–C) groups is 1. The lowest BCUT2D eigenvalue weighted by molar-refractivity contribution is 0.212. The van der Waals surface area contributed by atoms with Crippen molar-refractivity contribution >= 4 is 29.9 Å². The Morgan fingerprint density at radius 2 is 2.00 bits per heavy atom. The maximum absolute atomic E-state index is 4.36. The number of likely N-dealkylation sites (tertiary alicyclic amines) is 1.